The monoisotopic (exact) mass is 311 g/mol. The van der Waals surface area contributed by atoms with Crippen LogP contribution in [0.4, 0.5) is 4.39 Å². The van der Waals surface area contributed by atoms with E-state index in [0.29, 0.717) is 6.42 Å². The van der Waals surface area contributed by atoms with Crippen molar-refractivity contribution in [2.75, 3.05) is 6.54 Å². The number of benzene rings is 2. The molecule has 2 aromatic rings. The van der Waals surface area contributed by atoms with Crippen LogP contribution in [0.5, 0.6) is 0 Å². The fourth-order valence-electron chi connectivity index (χ4n) is 3.32. The standard InChI is InChI=1S/C20H22FNO/c21-17-11-9-16(10-12-17)20(15-6-2-1-3-7-15)19(23)14-18-8-4-5-13-22-18/h1-3,6-7,9-12,18,20,22H,4-5,8,13-14H2. The van der Waals surface area contributed by atoms with Crippen molar-refractivity contribution in [2.45, 2.75) is 37.6 Å². The van der Waals surface area contributed by atoms with Gasteiger partial charge in [0.25, 0.3) is 0 Å². The molecule has 1 aliphatic heterocycles. The molecule has 0 aromatic heterocycles. The lowest BCUT2D eigenvalue weighted by atomic mass is 9.84. The van der Waals surface area contributed by atoms with E-state index in [1.54, 1.807) is 12.1 Å². The Morgan fingerprint density at radius 1 is 1.04 bits per heavy atom. The summed E-state index contributed by atoms with van der Waals surface area (Å²) in [7, 11) is 0. The van der Waals surface area contributed by atoms with Crippen molar-refractivity contribution in [3.63, 3.8) is 0 Å². The topological polar surface area (TPSA) is 29.1 Å². The molecule has 0 bridgehead atoms. The Morgan fingerprint density at radius 3 is 2.39 bits per heavy atom. The Kier molecular flexibility index (Phi) is 5.19. The first-order valence-corrected chi connectivity index (χ1v) is 8.30. The minimum Gasteiger partial charge on any atom is -0.314 e. The fraction of sp³-hybridized carbons (Fsp3) is 0.350. The van der Waals surface area contributed by atoms with Gasteiger partial charge >= 0.3 is 0 Å². The highest BCUT2D eigenvalue weighted by Gasteiger charge is 2.26. The molecule has 120 valence electrons. The van der Waals surface area contributed by atoms with Crippen LogP contribution in [0.15, 0.2) is 54.6 Å². The van der Waals surface area contributed by atoms with Crippen molar-refractivity contribution in [2.24, 2.45) is 0 Å². The van der Waals surface area contributed by atoms with Gasteiger partial charge in [0.2, 0.25) is 0 Å². The van der Waals surface area contributed by atoms with Crippen LogP contribution in [-0.2, 0) is 4.79 Å². The zero-order valence-corrected chi connectivity index (χ0v) is 13.2. The van der Waals surface area contributed by atoms with E-state index in [-0.39, 0.29) is 23.6 Å². The smallest absolute Gasteiger partial charge is 0.146 e. The lowest BCUT2D eigenvalue weighted by Gasteiger charge is -2.25. The summed E-state index contributed by atoms with van der Waals surface area (Å²) in [6.07, 6.45) is 3.94. The SMILES string of the molecule is O=C(CC1CCCCN1)C(c1ccccc1)c1ccc(F)cc1. The predicted molar refractivity (Wildman–Crippen MR) is 90.0 cm³/mol. The van der Waals surface area contributed by atoms with E-state index in [4.69, 9.17) is 0 Å². The maximum atomic E-state index is 13.2. The highest BCUT2D eigenvalue weighted by molar-refractivity contribution is 5.89. The molecule has 1 N–H and O–H groups in total. The first kappa shape index (κ1) is 15.9. The normalized spacial score (nSPS) is 19.3. The van der Waals surface area contributed by atoms with E-state index in [0.717, 1.165) is 24.1 Å². The molecule has 0 radical (unpaired) electrons. The molecular formula is C20H22FNO. The Hall–Kier alpha value is -2.00. The predicted octanol–water partition coefficient (Wildman–Crippen LogP) is 4.06. The van der Waals surface area contributed by atoms with Crippen molar-refractivity contribution in [1.29, 1.82) is 0 Å². The Labute approximate surface area is 136 Å². The van der Waals surface area contributed by atoms with Crippen molar-refractivity contribution in [3.05, 3.63) is 71.5 Å². The average molecular weight is 311 g/mol. The van der Waals surface area contributed by atoms with Crippen molar-refractivity contribution < 1.29 is 9.18 Å². The summed E-state index contributed by atoms with van der Waals surface area (Å²) in [5.74, 6) is -0.398. The molecule has 1 saturated heterocycles. The number of carbonyl (C=O) groups is 1. The van der Waals surface area contributed by atoms with Crippen LogP contribution in [0.1, 0.15) is 42.7 Å². The van der Waals surface area contributed by atoms with Crippen LogP contribution in [0, 0.1) is 5.82 Å². The molecule has 1 aliphatic rings. The van der Waals surface area contributed by atoms with Gasteiger partial charge in [0.05, 0.1) is 5.92 Å². The maximum absolute atomic E-state index is 13.2. The van der Waals surface area contributed by atoms with Crippen molar-refractivity contribution in [1.82, 2.24) is 5.32 Å². The van der Waals surface area contributed by atoms with Crippen LogP contribution in [-0.4, -0.2) is 18.4 Å². The first-order chi connectivity index (χ1) is 11.2. The van der Waals surface area contributed by atoms with Crippen LogP contribution >= 0.6 is 0 Å². The molecule has 1 heterocycles. The number of carbonyl (C=O) groups excluding carboxylic acids is 1. The lowest BCUT2D eigenvalue weighted by Crippen LogP contribution is -2.36. The van der Waals surface area contributed by atoms with Gasteiger partial charge < -0.3 is 5.32 Å². The molecule has 0 spiro atoms. The lowest BCUT2D eigenvalue weighted by molar-refractivity contribution is -0.120. The Balaban J connectivity index is 1.85. The van der Waals surface area contributed by atoms with Crippen molar-refractivity contribution >= 4 is 5.78 Å². The van der Waals surface area contributed by atoms with Gasteiger partial charge in [0.15, 0.2) is 0 Å². The number of halogens is 1. The highest BCUT2D eigenvalue weighted by Crippen LogP contribution is 2.28. The number of hydrogen-bond donors (Lipinski definition) is 1. The zero-order chi connectivity index (χ0) is 16.1. The van der Waals surface area contributed by atoms with Crippen LogP contribution < -0.4 is 5.32 Å². The third-order valence-corrected chi connectivity index (χ3v) is 4.52. The molecule has 0 amide bonds. The van der Waals surface area contributed by atoms with Gasteiger partial charge in [-0.15, -0.1) is 0 Å². The molecule has 23 heavy (non-hydrogen) atoms. The first-order valence-electron chi connectivity index (χ1n) is 8.30. The zero-order valence-electron chi connectivity index (χ0n) is 13.2. The van der Waals surface area contributed by atoms with Crippen molar-refractivity contribution in [3.8, 4) is 0 Å². The quantitative estimate of drug-likeness (QED) is 0.902. The molecule has 2 unspecified atom stereocenters. The summed E-state index contributed by atoms with van der Waals surface area (Å²) >= 11 is 0. The number of rotatable bonds is 5. The van der Waals surface area contributed by atoms with E-state index in [1.807, 2.05) is 30.3 Å². The number of Topliss-reactive ketones (excluding diaryl/α,β-unsaturated/α-hetero) is 1. The number of nitrogens with one attached hydrogen (secondary N) is 1. The third kappa shape index (κ3) is 4.05. The molecule has 2 nitrogen and oxygen atoms in total. The molecule has 0 saturated carbocycles. The molecule has 2 aromatic carbocycles. The van der Waals surface area contributed by atoms with Gasteiger partial charge in [0.1, 0.15) is 11.6 Å². The number of hydrogen-bond acceptors (Lipinski definition) is 2. The molecular weight excluding hydrogens is 289 g/mol. The van der Waals surface area contributed by atoms with Gasteiger partial charge in [-0.05, 0) is 42.6 Å². The van der Waals surface area contributed by atoms with E-state index in [9.17, 15) is 9.18 Å². The molecule has 2 atom stereocenters. The third-order valence-electron chi connectivity index (χ3n) is 4.52. The van der Waals surface area contributed by atoms with Gasteiger partial charge in [-0.1, -0.05) is 48.9 Å². The van der Waals surface area contributed by atoms with Gasteiger partial charge in [0, 0.05) is 12.5 Å². The van der Waals surface area contributed by atoms with E-state index < -0.39 is 0 Å². The van der Waals surface area contributed by atoms with E-state index >= 15 is 0 Å². The van der Waals surface area contributed by atoms with Gasteiger partial charge in [-0.2, -0.15) is 0 Å². The summed E-state index contributed by atoms with van der Waals surface area (Å²) in [4.78, 5) is 13.0. The second-order valence-corrected chi connectivity index (χ2v) is 6.21. The summed E-state index contributed by atoms with van der Waals surface area (Å²) in [5, 5.41) is 3.44. The van der Waals surface area contributed by atoms with Crippen LogP contribution in [0.2, 0.25) is 0 Å². The maximum Gasteiger partial charge on any atom is 0.146 e. The van der Waals surface area contributed by atoms with Crippen LogP contribution in [0.3, 0.4) is 0 Å². The average Bonchev–Trinajstić information content (AvgIpc) is 2.59. The number of ketones is 1. The second-order valence-electron chi connectivity index (χ2n) is 6.21. The Morgan fingerprint density at radius 2 is 1.74 bits per heavy atom. The largest absolute Gasteiger partial charge is 0.314 e. The van der Waals surface area contributed by atoms with E-state index in [2.05, 4.69) is 5.32 Å². The fourth-order valence-corrected chi connectivity index (χ4v) is 3.32. The molecule has 0 aliphatic carbocycles. The highest BCUT2D eigenvalue weighted by atomic mass is 19.1. The van der Waals surface area contributed by atoms with Gasteiger partial charge in [-0.25, -0.2) is 4.39 Å². The summed E-state index contributed by atoms with van der Waals surface area (Å²) in [5.41, 5.74) is 1.83. The molecule has 1 fully saturated rings. The molecule has 3 rings (SSSR count). The summed E-state index contributed by atoms with van der Waals surface area (Å²) < 4.78 is 13.2. The summed E-state index contributed by atoms with van der Waals surface area (Å²) in [6.45, 7) is 0.991. The minimum absolute atomic E-state index is 0.196. The second kappa shape index (κ2) is 7.51. The molecule has 3 heteroatoms. The van der Waals surface area contributed by atoms with E-state index in [1.165, 1.54) is 25.0 Å². The minimum atomic E-state index is -0.319. The Bertz CT molecular complexity index is 632. The van der Waals surface area contributed by atoms with Crippen LogP contribution in [0.25, 0.3) is 0 Å². The summed E-state index contributed by atoms with van der Waals surface area (Å²) in [6, 6.07) is 16.3. The number of piperidine rings is 1. The van der Waals surface area contributed by atoms with Gasteiger partial charge in [-0.3, -0.25) is 4.79 Å².